The fourth-order valence-electron chi connectivity index (χ4n) is 2.31. The van der Waals surface area contributed by atoms with Crippen LogP contribution < -0.4 is 0 Å². The lowest BCUT2D eigenvalue weighted by atomic mass is 9.88. The fourth-order valence-corrected chi connectivity index (χ4v) is 2.31. The summed E-state index contributed by atoms with van der Waals surface area (Å²) in [6.07, 6.45) is 3.37. The van der Waals surface area contributed by atoms with Crippen molar-refractivity contribution in [2.24, 2.45) is 0 Å². The topological polar surface area (TPSA) is 86.7 Å². The van der Waals surface area contributed by atoms with E-state index in [0.29, 0.717) is 6.42 Å². The van der Waals surface area contributed by atoms with E-state index in [1.54, 1.807) is 20.8 Å². The Bertz CT molecular complexity index is 463. The van der Waals surface area contributed by atoms with E-state index in [9.17, 15) is 19.2 Å². The Balaban J connectivity index is 0.000000423. The van der Waals surface area contributed by atoms with Crippen molar-refractivity contribution in [3.05, 3.63) is 11.1 Å². The SMILES string of the molecule is CC(=O)C1=C(C(C)=O)CCCC1.CCC(OC(C)=O)C(=O)OC. The second kappa shape index (κ2) is 10.7. The van der Waals surface area contributed by atoms with Crippen LogP contribution in [-0.2, 0) is 28.7 Å². The number of ether oxygens (including phenoxy) is 2. The second-order valence-corrected chi connectivity index (χ2v) is 5.31. The molecule has 0 aromatic carbocycles. The van der Waals surface area contributed by atoms with E-state index >= 15 is 0 Å². The van der Waals surface area contributed by atoms with Gasteiger partial charge in [-0.25, -0.2) is 4.79 Å². The minimum absolute atomic E-state index is 0.0694. The number of rotatable bonds is 5. The summed E-state index contributed by atoms with van der Waals surface area (Å²) in [6, 6.07) is 0. The van der Waals surface area contributed by atoms with Crippen LogP contribution in [0.4, 0.5) is 0 Å². The van der Waals surface area contributed by atoms with Gasteiger partial charge in [-0.15, -0.1) is 0 Å². The first-order valence-electron chi connectivity index (χ1n) is 7.73. The molecule has 23 heavy (non-hydrogen) atoms. The molecule has 6 nitrogen and oxygen atoms in total. The zero-order chi connectivity index (χ0) is 18.0. The van der Waals surface area contributed by atoms with E-state index in [2.05, 4.69) is 9.47 Å². The van der Waals surface area contributed by atoms with E-state index in [-0.39, 0.29) is 11.6 Å². The molecule has 0 heterocycles. The maximum atomic E-state index is 11.1. The normalized spacial score (nSPS) is 15.0. The molecule has 1 rings (SSSR count). The Morgan fingerprint density at radius 1 is 0.957 bits per heavy atom. The molecule has 6 heteroatoms. The first-order chi connectivity index (χ1) is 10.7. The highest BCUT2D eigenvalue weighted by molar-refractivity contribution is 6.04. The molecule has 0 saturated carbocycles. The van der Waals surface area contributed by atoms with Crippen molar-refractivity contribution in [3.63, 3.8) is 0 Å². The van der Waals surface area contributed by atoms with Crippen molar-refractivity contribution in [1.82, 2.24) is 0 Å². The summed E-state index contributed by atoms with van der Waals surface area (Å²) in [5, 5.41) is 0. The average molecular weight is 326 g/mol. The number of Topliss-reactive ketones (excluding diaryl/α,β-unsaturated/α-hetero) is 2. The van der Waals surface area contributed by atoms with Gasteiger partial charge in [0.05, 0.1) is 7.11 Å². The molecule has 0 saturated heterocycles. The van der Waals surface area contributed by atoms with Crippen LogP contribution in [0.15, 0.2) is 11.1 Å². The van der Waals surface area contributed by atoms with E-state index in [4.69, 9.17) is 0 Å². The maximum Gasteiger partial charge on any atom is 0.347 e. The number of carbonyl (C=O) groups is 4. The van der Waals surface area contributed by atoms with Gasteiger partial charge in [-0.05, 0) is 46.0 Å². The van der Waals surface area contributed by atoms with Crippen molar-refractivity contribution >= 4 is 23.5 Å². The highest BCUT2D eigenvalue weighted by Gasteiger charge is 2.19. The van der Waals surface area contributed by atoms with E-state index in [1.165, 1.54) is 14.0 Å². The van der Waals surface area contributed by atoms with Crippen molar-refractivity contribution < 1.29 is 28.7 Å². The van der Waals surface area contributed by atoms with Crippen LogP contribution in [0.25, 0.3) is 0 Å². The summed E-state index contributed by atoms with van der Waals surface area (Å²) < 4.78 is 9.03. The Labute approximate surface area is 137 Å². The molecule has 0 bridgehead atoms. The van der Waals surface area contributed by atoms with Crippen molar-refractivity contribution in [1.29, 1.82) is 0 Å². The molecule has 0 spiro atoms. The molecule has 0 N–H and O–H groups in total. The monoisotopic (exact) mass is 326 g/mol. The van der Waals surface area contributed by atoms with Gasteiger partial charge in [0.25, 0.3) is 0 Å². The predicted octanol–water partition coefficient (Wildman–Crippen LogP) is 2.54. The van der Waals surface area contributed by atoms with E-state index in [1.807, 2.05) is 0 Å². The van der Waals surface area contributed by atoms with Gasteiger partial charge in [0.2, 0.25) is 0 Å². The molecule has 0 aromatic rings. The maximum absolute atomic E-state index is 11.1. The van der Waals surface area contributed by atoms with Crippen molar-refractivity contribution in [2.45, 2.75) is 65.9 Å². The van der Waals surface area contributed by atoms with Crippen molar-refractivity contribution in [2.75, 3.05) is 7.11 Å². The molecule has 0 aliphatic heterocycles. The van der Waals surface area contributed by atoms with Gasteiger partial charge in [0, 0.05) is 18.1 Å². The summed E-state index contributed by atoms with van der Waals surface area (Å²) in [4.78, 5) is 43.4. The Kier molecular flexibility index (Phi) is 9.78. The fraction of sp³-hybridized carbons (Fsp3) is 0.647. The van der Waals surface area contributed by atoms with Crippen LogP contribution >= 0.6 is 0 Å². The van der Waals surface area contributed by atoms with Gasteiger partial charge in [-0.2, -0.15) is 0 Å². The number of hydrogen-bond donors (Lipinski definition) is 0. The lowest BCUT2D eigenvalue weighted by molar-refractivity contribution is -0.164. The van der Waals surface area contributed by atoms with E-state index < -0.39 is 18.0 Å². The third kappa shape index (κ3) is 7.72. The predicted molar refractivity (Wildman–Crippen MR) is 84.7 cm³/mol. The lowest BCUT2D eigenvalue weighted by Crippen LogP contribution is -2.26. The zero-order valence-corrected chi connectivity index (χ0v) is 14.6. The molecule has 1 atom stereocenters. The number of carbonyl (C=O) groups excluding carboxylic acids is 4. The molecule has 0 aromatic heterocycles. The Morgan fingerprint density at radius 2 is 1.39 bits per heavy atom. The molecular weight excluding hydrogens is 300 g/mol. The van der Waals surface area contributed by atoms with Crippen LogP contribution in [0.2, 0.25) is 0 Å². The molecule has 0 amide bonds. The Hall–Kier alpha value is -1.98. The minimum atomic E-state index is -0.752. The van der Waals surface area contributed by atoms with Gasteiger partial charge in [-0.1, -0.05) is 6.92 Å². The summed E-state index contributed by atoms with van der Waals surface area (Å²) >= 11 is 0. The second-order valence-electron chi connectivity index (χ2n) is 5.31. The summed E-state index contributed by atoms with van der Waals surface area (Å²) in [5.74, 6) is -0.843. The third-order valence-corrected chi connectivity index (χ3v) is 3.46. The molecule has 0 radical (unpaired) electrons. The molecule has 1 unspecified atom stereocenters. The van der Waals surface area contributed by atoms with Gasteiger partial charge in [0.15, 0.2) is 17.7 Å². The van der Waals surface area contributed by atoms with Crippen molar-refractivity contribution in [3.8, 4) is 0 Å². The van der Waals surface area contributed by atoms with Crippen LogP contribution in [0.1, 0.15) is 59.8 Å². The molecule has 1 aliphatic rings. The zero-order valence-electron chi connectivity index (χ0n) is 14.6. The number of allylic oxidation sites excluding steroid dienone is 2. The van der Waals surface area contributed by atoms with Gasteiger partial charge in [0.1, 0.15) is 0 Å². The summed E-state index contributed by atoms with van der Waals surface area (Å²) in [7, 11) is 1.26. The first kappa shape index (κ1) is 21.0. The standard InChI is InChI=1S/C10H14O2.C7H12O4/c1-7(11)9-5-3-4-6-10(9)8(2)12;1-4-6(7(9)10-3)11-5(2)8/h3-6H2,1-2H3;6H,4H2,1-3H3. The molecule has 130 valence electrons. The summed E-state index contributed by atoms with van der Waals surface area (Å²) in [6.45, 7) is 6.09. The van der Waals surface area contributed by atoms with Crippen LogP contribution in [0.3, 0.4) is 0 Å². The highest BCUT2D eigenvalue weighted by atomic mass is 16.6. The number of ketones is 2. The molecular formula is C17H26O6. The van der Waals surface area contributed by atoms with Crippen LogP contribution in [0, 0.1) is 0 Å². The van der Waals surface area contributed by atoms with E-state index in [0.717, 1.165) is 36.8 Å². The number of esters is 2. The minimum Gasteiger partial charge on any atom is -0.466 e. The number of hydrogen-bond acceptors (Lipinski definition) is 6. The summed E-state index contributed by atoms with van der Waals surface area (Å²) in [5.41, 5.74) is 1.54. The Morgan fingerprint density at radius 3 is 1.65 bits per heavy atom. The van der Waals surface area contributed by atoms with Gasteiger partial charge < -0.3 is 9.47 Å². The highest BCUT2D eigenvalue weighted by Crippen LogP contribution is 2.25. The first-order valence-corrected chi connectivity index (χ1v) is 7.73. The van der Waals surface area contributed by atoms with Crippen LogP contribution in [0.5, 0.6) is 0 Å². The number of methoxy groups -OCH3 is 1. The third-order valence-electron chi connectivity index (χ3n) is 3.46. The largest absolute Gasteiger partial charge is 0.466 e. The van der Waals surface area contributed by atoms with Crippen LogP contribution in [-0.4, -0.2) is 36.7 Å². The smallest absolute Gasteiger partial charge is 0.347 e. The quantitative estimate of drug-likeness (QED) is 0.722. The lowest BCUT2D eigenvalue weighted by Gasteiger charge is -2.15. The van der Waals surface area contributed by atoms with Gasteiger partial charge >= 0.3 is 11.9 Å². The molecule has 0 fully saturated rings. The van der Waals surface area contributed by atoms with Gasteiger partial charge in [-0.3, -0.25) is 14.4 Å². The molecule has 1 aliphatic carbocycles. The average Bonchev–Trinajstić information content (AvgIpc) is 2.52.